The smallest absolute Gasteiger partial charge is 0.0728 e. The van der Waals surface area contributed by atoms with Gasteiger partial charge in [-0.25, -0.2) is 0 Å². The molecule has 1 N–H and O–H groups in total. The van der Waals surface area contributed by atoms with E-state index in [1.807, 2.05) is 0 Å². The van der Waals surface area contributed by atoms with Gasteiger partial charge >= 0.3 is 0 Å². The minimum absolute atomic E-state index is 0.443. The Labute approximate surface area is 110 Å². The van der Waals surface area contributed by atoms with Crippen molar-refractivity contribution >= 4 is 0 Å². The summed E-state index contributed by atoms with van der Waals surface area (Å²) in [6.45, 7) is 0. The second-order valence-corrected chi connectivity index (χ2v) is 6.39. The zero-order chi connectivity index (χ0) is 12.4. The summed E-state index contributed by atoms with van der Waals surface area (Å²) < 4.78 is 0. The molecule has 18 heavy (non-hydrogen) atoms. The van der Waals surface area contributed by atoms with E-state index < -0.39 is 5.60 Å². The molecule has 2 aliphatic rings. The van der Waals surface area contributed by atoms with E-state index in [0.717, 1.165) is 25.2 Å². The zero-order valence-corrected chi connectivity index (χ0v) is 11.2. The lowest BCUT2D eigenvalue weighted by Crippen LogP contribution is -2.30. The molecule has 0 bridgehead atoms. The van der Waals surface area contributed by atoms with Crippen LogP contribution < -0.4 is 0 Å². The molecule has 0 atom stereocenters. The topological polar surface area (TPSA) is 20.2 Å². The Morgan fingerprint density at radius 3 is 2.22 bits per heavy atom. The van der Waals surface area contributed by atoms with Crippen molar-refractivity contribution in [3.8, 4) is 0 Å². The van der Waals surface area contributed by atoms with Gasteiger partial charge in [-0.05, 0) is 29.9 Å². The highest BCUT2D eigenvalue weighted by atomic mass is 16.3. The van der Waals surface area contributed by atoms with Crippen molar-refractivity contribution in [1.29, 1.82) is 0 Å². The summed E-state index contributed by atoms with van der Waals surface area (Å²) in [5, 5.41) is 10.7. The van der Waals surface area contributed by atoms with Gasteiger partial charge in [-0.2, -0.15) is 0 Å². The van der Waals surface area contributed by atoms with Gasteiger partial charge in [0.1, 0.15) is 0 Å². The van der Waals surface area contributed by atoms with Crippen molar-refractivity contribution in [3.63, 3.8) is 0 Å². The highest BCUT2D eigenvalue weighted by molar-refractivity contribution is 5.35. The number of hydrogen-bond donors (Lipinski definition) is 1. The Hall–Kier alpha value is -0.820. The lowest BCUT2D eigenvalue weighted by molar-refractivity contribution is 0.0339. The molecule has 3 rings (SSSR count). The molecule has 0 saturated heterocycles. The average Bonchev–Trinajstić information content (AvgIpc) is 2.74. The summed E-state index contributed by atoms with van der Waals surface area (Å²) >= 11 is 0. The molecule has 1 heteroatoms. The highest BCUT2D eigenvalue weighted by Crippen LogP contribution is 2.36. The molecule has 0 aliphatic heterocycles. The second kappa shape index (κ2) is 5.05. The van der Waals surface area contributed by atoms with Crippen LogP contribution in [0.3, 0.4) is 0 Å². The van der Waals surface area contributed by atoms with Crippen molar-refractivity contribution in [2.45, 2.75) is 63.4 Å². The second-order valence-electron chi connectivity index (χ2n) is 6.39. The van der Waals surface area contributed by atoms with Crippen LogP contribution in [0.15, 0.2) is 24.3 Å². The molecule has 0 spiro atoms. The van der Waals surface area contributed by atoms with Gasteiger partial charge < -0.3 is 5.11 Å². The standard InChI is InChI=1S/C17H24O/c18-17(11-10-14-6-2-1-3-7-14)12-15-8-4-5-9-16(15)13-17/h4-5,8-9,14,18H,1-3,6-7,10-13H2. The fourth-order valence-electron chi connectivity index (χ4n) is 3.80. The molecule has 98 valence electrons. The molecule has 1 saturated carbocycles. The van der Waals surface area contributed by atoms with E-state index in [0.29, 0.717) is 0 Å². The summed E-state index contributed by atoms with van der Waals surface area (Å²) in [7, 11) is 0. The van der Waals surface area contributed by atoms with Crippen LogP contribution in [-0.4, -0.2) is 10.7 Å². The molecule has 0 unspecified atom stereocenters. The Morgan fingerprint density at radius 1 is 1.00 bits per heavy atom. The lowest BCUT2D eigenvalue weighted by Gasteiger charge is -2.27. The third-order valence-electron chi connectivity index (χ3n) is 4.90. The van der Waals surface area contributed by atoms with Crippen LogP contribution in [0.5, 0.6) is 0 Å². The van der Waals surface area contributed by atoms with E-state index >= 15 is 0 Å². The molecule has 0 heterocycles. The monoisotopic (exact) mass is 244 g/mol. The molecule has 1 aromatic rings. The Bertz CT molecular complexity index is 379. The third kappa shape index (κ3) is 2.61. The number of hydrogen-bond acceptors (Lipinski definition) is 1. The molecular formula is C17H24O. The quantitative estimate of drug-likeness (QED) is 0.855. The SMILES string of the molecule is OC1(CCC2CCCCC2)Cc2ccccc2C1. The zero-order valence-electron chi connectivity index (χ0n) is 11.2. The molecule has 0 aromatic heterocycles. The Kier molecular flexibility index (Phi) is 3.43. The predicted octanol–water partition coefficient (Wildman–Crippen LogP) is 3.88. The first-order valence-corrected chi connectivity index (χ1v) is 7.54. The fraction of sp³-hybridized carbons (Fsp3) is 0.647. The van der Waals surface area contributed by atoms with Crippen LogP contribution in [0.2, 0.25) is 0 Å². The first-order valence-electron chi connectivity index (χ1n) is 7.54. The van der Waals surface area contributed by atoms with Crippen molar-refractivity contribution < 1.29 is 5.11 Å². The van der Waals surface area contributed by atoms with Crippen molar-refractivity contribution in [1.82, 2.24) is 0 Å². The maximum Gasteiger partial charge on any atom is 0.0728 e. The van der Waals surface area contributed by atoms with E-state index in [2.05, 4.69) is 24.3 Å². The maximum atomic E-state index is 10.7. The molecule has 1 aromatic carbocycles. The third-order valence-corrected chi connectivity index (χ3v) is 4.90. The number of rotatable bonds is 3. The van der Waals surface area contributed by atoms with Gasteiger partial charge in [-0.3, -0.25) is 0 Å². The van der Waals surface area contributed by atoms with Gasteiger partial charge in [0, 0.05) is 12.8 Å². The average molecular weight is 244 g/mol. The minimum atomic E-state index is -0.443. The largest absolute Gasteiger partial charge is 0.389 e. The molecule has 1 nitrogen and oxygen atoms in total. The normalized spacial score (nSPS) is 22.9. The van der Waals surface area contributed by atoms with Crippen LogP contribution in [0, 0.1) is 5.92 Å². The summed E-state index contributed by atoms with van der Waals surface area (Å²) in [6, 6.07) is 8.53. The van der Waals surface area contributed by atoms with Crippen molar-refractivity contribution in [2.75, 3.05) is 0 Å². The number of fused-ring (bicyclic) bond motifs is 1. The van der Waals surface area contributed by atoms with Gasteiger partial charge in [-0.1, -0.05) is 56.4 Å². The van der Waals surface area contributed by atoms with Crippen LogP contribution in [0.4, 0.5) is 0 Å². The van der Waals surface area contributed by atoms with Gasteiger partial charge in [0.05, 0.1) is 5.60 Å². The maximum absolute atomic E-state index is 10.7. The number of aliphatic hydroxyl groups is 1. The minimum Gasteiger partial charge on any atom is -0.389 e. The summed E-state index contributed by atoms with van der Waals surface area (Å²) in [5.41, 5.74) is 2.29. The lowest BCUT2D eigenvalue weighted by atomic mass is 9.82. The van der Waals surface area contributed by atoms with E-state index in [-0.39, 0.29) is 0 Å². The first-order chi connectivity index (χ1) is 8.75. The van der Waals surface area contributed by atoms with Crippen molar-refractivity contribution in [3.05, 3.63) is 35.4 Å². The first kappa shape index (κ1) is 12.2. The van der Waals surface area contributed by atoms with Gasteiger partial charge in [0.15, 0.2) is 0 Å². The van der Waals surface area contributed by atoms with E-state index in [4.69, 9.17) is 0 Å². The number of benzene rings is 1. The summed E-state index contributed by atoms with van der Waals surface area (Å²) in [4.78, 5) is 0. The van der Waals surface area contributed by atoms with Gasteiger partial charge in [0.25, 0.3) is 0 Å². The Balaban J connectivity index is 1.57. The highest BCUT2D eigenvalue weighted by Gasteiger charge is 2.35. The van der Waals surface area contributed by atoms with E-state index in [9.17, 15) is 5.11 Å². The molecule has 0 amide bonds. The van der Waals surface area contributed by atoms with Crippen molar-refractivity contribution in [2.24, 2.45) is 5.92 Å². The van der Waals surface area contributed by atoms with Crippen LogP contribution in [0.25, 0.3) is 0 Å². The van der Waals surface area contributed by atoms with Gasteiger partial charge in [-0.15, -0.1) is 0 Å². The van der Waals surface area contributed by atoms with E-state index in [1.54, 1.807) is 0 Å². The van der Waals surface area contributed by atoms with Gasteiger partial charge in [0.2, 0.25) is 0 Å². The van der Waals surface area contributed by atoms with Crippen LogP contribution in [-0.2, 0) is 12.8 Å². The van der Waals surface area contributed by atoms with Crippen LogP contribution >= 0.6 is 0 Å². The molecule has 1 fully saturated rings. The Morgan fingerprint density at radius 2 is 1.61 bits per heavy atom. The predicted molar refractivity (Wildman–Crippen MR) is 74.6 cm³/mol. The molecule has 2 aliphatic carbocycles. The summed E-state index contributed by atoms with van der Waals surface area (Å²) in [6.07, 6.45) is 11.0. The molecular weight excluding hydrogens is 220 g/mol. The van der Waals surface area contributed by atoms with E-state index in [1.165, 1.54) is 49.7 Å². The van der Waals surface area contributed by atoms with Crippen LogP contribution in [0.1, 0.15) is 56.1 Å². The summed E-state index contributed by atoms with van der Waals surface area (Å²) in [5.74, 6) is 0.881. The molecule has 0 radical (unpaired) electrons. The fourth-order valence-corrected chi connectivity index (χ4v) is 3.80.